The van der Waals surface area contributed by atoms with Crippen LogP contribution in [0.3, 0.4) is 0 Å². The van der Waals surface area contributed by atoms with Crippen molar-refractivity contribution in [2.45, 2.75) is 19.3 Å². The Hall–Kier alpha value is -4.56. The Labute approximate surface area is 231 Å². The maximum Gasteiger partial charge on any atom is 0.344 e. The number of ether oxygens (including phenoxy) is 1. The number of carbonyl (C=O) groups is 1. The molecule has 5 aromatic rings. The summed E-state index contributed by atoms with van der Waals surface area (Å²) in [7, 11) is 0. The average molecular weight is 538 g/mol. The minimum absolute atomic E-state index is 0.0948. The number of aromatic hydroxyl groups is 1. The van der Waals surface area contributed by atoms with E-state index < -0.39 is 11.5 Å². The summed E-state index contributed by atoms with van der Waals surface area (Å²) in [5, 5.41) is 16.0. The molecule has 2 amide bonds. The molecule has 204 valence electrons. The fourth-order valence-corrected chi connectivity index (χ4v) is 5.55. The molecule has 3 heterocycles. The van der Waals surface area contributed by atoms with Gasteiger partial charge in [0.15, 0.2) is 0 Å². The van der Waals surface area contributed by atoms with Gasteiger partial charge in [0.05, 0.1) is 30.1 Å². The summed E-state index contributed by atoms with van der Waals surface area (Å²) in [5.74, 6) is -0.721. The normalized spacial score (nSPS) is 14.5. The van der Waals surface area contributed by atoms with Crippen LogP contribution in [0.4, 0.5) is 4.79 Å². The summed E-state index contributed by atoms with van der Waals surface area (Å²) >= 11 is 0. The number of urea groups is 1. The number of morpholine rings is 1. The quantitative estimate of drug-likeness (QED) is 0.263. The Balaban J connectivity index is 1.46. The molecule has 1 unspecified atom stereocenters. The maximum absolute atomic E-state index is 13.5. The highest BCUT2D eigenvalue weighted by Gasteiger charge is 2.30. The van der Waals surface area contributed by atoms with Crippen molar-refractivity contribution in [2.24, 2.45) is 0 Å². The van der Waals surface area contributed by atoms with E-state index in [0.717, 1.165) is 33.3 Å². The van der Waals surface area contributed by atoms with Gasteiger partial charge in [0.2, 0.25) is 0 Å². The number of hydrogen-bond acceptors (Lipinski definition) is 5. The number of benzene rings is 3. The number of nitrogens with zero attached hydrogens (tertiary/aromatic N) is 1. The van der Waals surface area contributed by atoms with Gasteiger partial charge in [0, 0.05) is 36.2 Å². The Morgan fingerprint density at radius 2 is 1.70 bits per heavy atom. The molecule has 1 atom stereocenters. The van der Waals surface area contributed by atoms with Crippen LogP contribution in [0.2, 0.25) is 0 Å². The third-order valence-electron chi connectivity index (χ3n) is 7.60. The zero-order valence-electron chi connectivity index (χ0n) is 22.3. The first kappa shape index (κ1) is 25.7. The number of carbonyl (C=O) groups excluding carboxylic acids is 1. The molecule has 0 radical (unpaired) electrons. The van der Waals surface area contributed by atoms with E-state index in [1.807, 2.05) is 55.5 Å². The highest BCUT2D eigenvalue weighted by atomic mass is 16.5. The summed E-state index contributed by atoms with van der Waals surface area (Å²) < 4.78 is 11.1. The predicted octanol–water partition coefficient (Wildman–Crippen LogP) is 5.05. The first-order chi connectivity index (χ1) is 19.5. The molecule has 6 rings (SSSR count). The van der Waals surface area contributed by atoms with Gasteiger partial charge in [-0.3, -0.25) is 0 Å². The summed E-state index contributed by atoms with van der Waals surface area (Å²) in [4.78, 5) is 31.6. The molecule has 1 fully saturated rings. The van der Waals surface area contributed by atoms with Crippen molar-refractivity contribution in [3.8, 4) is 5.75 Å². The van der Waals surface area contributed by atoms with Crippen molar-refractivity contribution in [3.63, 3.8) is 0 Å². The summed E-state index contributed by atoms with van der Waals surface area (Å²) in [6.07, 6.45) is 0.525. The minimum Gasteiger partial charge on any atom is -0.507 e. The number of rotatable bonds is 6. The summed E-state index contributed by atoms with van der Waals surface area (Å²) in [6.45, 7) is 4.62. The van der Waals surface area contributed by atoms with Crippen molar-refractivity contribution in [1.82, 2.24) is 15.2 Å². The van der Waals surface area contributed by atoms with Gasteiger partial charge in [-0.2, -0.15) is 0 Å². The first-order valence-corrected chi connectivity index (χ1v) is 13.5. The van der Waals surface area contributed by atoms with E-state index in [1.54, 1.807) is 29.2 Å². The number of para-hydroxylation sites is 2. The highest BCUT2D eigenvalue weighted by Crippen LogP contribution is 2.41. The van der Waals surface area contributed by atoms with E-state index in [1.165, 1.54) is 0 Å². The van der Waals surface area contributed by atoms with Gasteiger partial charge in [-0.05, 0) is 42.7 Å². The molecule has 0 aliphatic carbocycles. The van der Waals surface area contributed by atoms with E-state index in [2.05, 4.69) is 10.3 Å². The molecule has 1 aliphatic heterocycles. The SMILES string of the molecule is Cc1ccc(C(c2[nH]c3ccccc3c2CCNC(=O)N2CCOCC2)c2c(O)c3ccccc3oc2=O)cc1. The molecule has 2 aromatic heterocycles. The van der Waals surface area contributed by atoms with Gasteiger partial charge >= 0.3 is 11.7 Å². The lowest BCUT2D eigenvalue weighted by atomic mass is 9.85. The van der Waals surface area contributed by atoms with E-state index in [0.29, 0.717) is 50.2 Å². The Morgan fingerprint density at radius 1 is 1.00 bits per heavy atom. The van der Waals surface area contributed by atoms with E-state index in [9.17, 15) is 14.7 Å². The van der Waals surface area contributed by atoms with Gasteiger partial charge in [0.1, 0.15) is 11.3 Å². The monoisotopic (exact) mass is 537 g/mol. The van der Waals surface area contributed by atoms with Gasteiger partial charge < -0.3 is 29.5 Å². The van der Waals surface area contributed by atoms with Crippen molar-refractivity contribution >= 4 is 27.9 Å². The van der Waals surface area contributed by atoms with Crippen LogP contribution in [0.15, 0.2) is 82.0 Å². The third kappa shape index (κ3) is 4.82. The number of nitrogens with one attached hydrogen (secondary N) is 2. The molecule has 8 nitrogen and oxygen atoms in total. The van der Waals surface area contributed by atoms with Crippen LogP contribution in [0.1, 0.15) is 33.9 Å². The Morgan fingerprint density at radius 3 is 2.48 bits per heavy atom. The van der Waals surface area contributed by atoms with Gasteiger partial charge in [-0.1, -0.05) is 60.2 Å². The molecule has 8 heteroatoms. The second-order valence-electron chi connectivity index (χ2n) is 10.1. The van der Waals surface area contributed by atoms with Crippen LogP contribution in [-0.4, -0.2) is 53.9 Å². The number of aromatic nitrogens is 1. The predicted molar refractivity (Wildman–Crippen MR) is 154 cm³/mol. The number of hydrogen-bond donors (Lipinski definition) is 3. The highest BCUT2D eigenvalue weighted by molar-refractivity contribution is 5.87. The number of H-pyrrole nitrogens is 1. The van der Waals surface area contributed by atoms with Crippen molar-refractivity contribution < 1.29 is 19.1 Å². The lowest BCUT2D eigenvalue weighted by Crippen LogP contribution is -2.46. The van der Waals surface area contributed by atoms with Crippen molar-refractivity contribution in [1.29, 1.82) is 0 Å². The lowest BCUT2D eigenvalue weighted by Gasteiger charge is -2.27. The molecule has 3 N–H and O–H groups in total. The zero-order chi connectivity index (χ0) is 27.6. The van der Waals surface area contributed by atoms with Crippen LogP contribution in [0.5, 0.6) is 5.75 Å². The van der Waals surface area contributed by atoms with Crippen LogP contribution >= 0.6 is 0 Å². The summed E-state index contributed by atoms with van der Waals surface area (Å²) in [6, 6.07) is 22.8. The molecule has 40 heavy (non-hydrogen) atoms. The van der Waals surface area contributed by atoms with Gasteiger partial charge in [-0.15, -0.1) is 0 Å². The maximum atomic E-state index is 13.5. The van der Waals surface area contributed by atoms with Crippen molar-refractivity contribution in [2.75, 3.05) is 32.8 Å². The largest absolute Gasteiger partial charge is 0.507 e. The topological polar surface area (TPSA) is 108 Å². The first-order valence-electron chi connectivity index (χ1n) is 13.5. The molecule has 0 spiro atoms. The van der Waals surface area contributed by atoms with Crippen LogP contribution in [0, 0.1) is 6.92 Å². The standard InChI is InChI=1S/C32H31N3O5/c1-20-10-12-21(13-11-20)27(28-30(36)24-7-3-5-9-26(24)40-31(28)37)29-23(22-6-2-4-8-25(22)34-29)14-15-33-32(38)35-16-18-39-19-17-35/h2-13,27,34,36H,14-19H2,1H3,(H,33,38). The van der Waals surface area contributed by atoms with E-state index in [4.69, 9.17) is 9.15 Å². The molecule has 0 saturated carbocycles. The number of aromatic amines is 1. The van der Waals surface area contributed by atoms with Gasteiger partial charge in [-0.25, -0.2) is 9.59 Å². The zero-order valence-corrected chi connectivity index (χ0v) is 22.3. The Bertz CT molecular complexity index is 1730. The molecular formula is C32H31N3O5. The molecule has 0 bridgehead atoms. The minimum atomic E-state index is -0.626. The van der Waals surface area contributed by atoms with E-state index in [-0.39, 0.29) is 17.3 Å². The smallest absolute Gasteiger partial charge is 0.344 e. The van der Waals surface area contributed by atoms with Crippen LogP contribution < -0.4 is 10.9 Å². The number of fused-ring (bicyclic) bond motifs is 2. The van der Waals surface area contributed by atoms with E-state index >= 15 is 0 Å². The van der Waals surface area contributed by atoms with Crippen molar-refractivity contribution in [3.05, 3.63) is 111 Å². The molecular weight excluding hydrogens is 506 g/mol. The molecule has 3 aromatic carbocycles. The molecule has 1 aliphatic rings. The fourth-order valence-electron chi connectivity index (χ4n) is 5.55. The average Bonchev–Trinajstić information content (AvgIpc) is 3.34. The second kappa shape index (κ2) is 10.9. The third-order valence-corrected chi connectivity index (χ3v) is 7.60. The Kier molecular flexibility index (Phi) is 7.00. The fraction of sp³-hybridized carbons (Fsp3) is 0.250. The second-order valence-corrected chi connectivity index (χ2v) is 10.1. The van der Waals surface area contributed by atoms with Crippen LogP contribution in [0.25, 0.3) is 21.9 Å². The molecule has 1 saturated heterocycles. The summed E-state index contributed by atoms with van der Waals surface area (Å²) in [5.41, 5.74) is 4.50. The van der Waals surface area contributed by atoms with Gasteiger partial charge in [0.25, 0.3) is 0 Å². The van der Waals surface area contributed by atoms with Crippen LogP contribution in [-0.2, 0) is 11.2 Å². The number of aryl methyl sites for hydroxylation is 1. The lowest BCUT2D eigenvalue weighted by molar-refractivity contribution is 0.0533. The number of amides is 2.